The number of ether oxygens (including phenoxy) is 1. The Morgan fingerprint density at radius 2 is 1.81 bits per heavy atom. The van der Waals surface area contributed by atoms with E-state index < -0.39 is 29.9 Å². The van der Waals surface area contributed by atoms with Crippen LogP contribution in [0.2, 0.25) is 0 Å². The molecular formula is C32H43N5O6. The zero-order valence-electron chi connectivity index (χ0n) is 24.9. The van der Waals surface area contributed by atoms with Crippen molar-refractivity contribution in [2.75, 3.05) is 39.4 Å². The third-order valence-electron chi connectivity index (χ3n) is 8.50. The predicted octanol–water partition coefficient (Wildman–Crippen LogP) is 3.80. The van der Waals surface area contributed by atoms with Crippen molar-refractivity contribution in [3.63, 3.8) is 0 Å². The highest BCUT2D eigenvalue weighted by atomic mass is 16.5. The van der Waals surface area contributed by atoms with Gasteiger partial charge in [0.05, 0.1) is 19.3 Å². The van der Waals surface area contributed by atoms with Crippen LogP contribution in [-0.2, 0) is 20.7 Å². The van der Waals surface area contributed by atoms with Gasteiger partial charge in [-0.2, -0.15) is 0 Å². The number of benzene rings is 1. The Morgan fingerprint density at radius 1 is 1.07 bits per heavy atom. The number of carbonyl (C=O) groups excluding carboxylic acids is 3. The molecule has 1 aliphatic heterocycles. The molecule has 0 spiro atoms. The minimum Gasteiger partial charge on any atom is -0.465 e. The van der Waals surface area contributed by atoms with Crippen LogP contribution in [0, 0.1) is 5.41 Å². The fourth-order valence-electron chi connectivity index (χ4n) is 5.88. The highest BCUT2D eigenvalue weighted by Crippen LogP contribution is 2.45. The zero-order chi connectivity index (χ0) is 30.7. The number of Topliss-reactive ketones (excluding diaryl/α,β-unsaturated/α-hetero) is 1. The number of unbranched alkanes of at least 4 members (excludes halogenated alkanes) is 1. The first-order chi connectivity index (χ1) is 20.8. The average molecular weight is 594 g/mol. The molecule has 11 heteroatoms. The van der Waals surface area contributed by atoms with Crippen LogP contribution >= 0.6 is 0 Å². The molecule has 4 rings (SSSR count). The van der Waals surface area contributed by atoms with Crippen molar-refractivity contribution in [2.24, 2.45) is 5.41 Å². The summed E-state index contributed by atoms with van der Waals surface area (Å²) in [6, 6.07) is 11.4. The molecule has 0 bridgehead atoms. The van der Waals surface area contributed by atoms with Crippen LogP contribution in [-0.4, -0.2) is 89.1 Å². The van der Waals surface area contributed by atoms with E-state index in [1.165, 1.54) is 4.90 Å². The quantitative estimate of drug-likeness (QED) is 0.224. The predicted molar refractivity (Wildman–Crippen MR) is 160 cm³/mol. The number of amides is 4. The number of nitrogens with zero attached hydrogens (tertiary/aromatic N) is 3. The Labute approximate surface area is 253 Å². The van der Waals surface area contributed by atoms with Gasteiger partial charge < -0.3 is 25.4 Å². The third kappa shape index (κ3) is 9.00. The zero-order valence-corrected chi connectivity index (χ0v) is 24.9. The van der Waals surface area contributed by atoms with Crippen molar-refractivity contribution in [3.05, 3.63) is 66.0 Å². The van der Waals surface area contributed by atoms with Crippen LogP contribution < -0.4 is 10.6 Å². The van der Waals surface area contributed by atoms with Gasteiger partial charge in [0.1, 0.15) is 6.04 Å². The summed E-state index contributed by atoms with van der Waals surface area (Å²) in [6.45, 7) is 4.42. The second-order valence-electron chi connectivity index (χ2n) is 11.6. The van der Waals surface area contributed by atoms with Gasteiger partial charge in [0, 0.05) is 38.6 Å². The fourth-order valence-corrected chi connectivity index (χ4v) is 5.88. The average Bonchev–Trinajstić information content (AvgIpc) is 3.01. The van der Waals surface area contributed by atoms with E-state index in [4.69, 9.17) is 4.74 Å². The molecule has 1 unspecified atom stereocenters. The van der Waals surface area contributed by atoms with Gasteiger partial charge in [0.25, 0.3) is 5.91 Å². The van der Waals surface area contributed by atoms with E-state index in [-0.39, 0.29) is 24.4 Å². The number of hydrogen-bond donors (Lipinski definition) is 3. The second kappa shape index (κ2) is 15.5. The third-order valence-corrected chi connectivity index (χ3v) is 8.50. The standard InChI is InChI=1S/C32H43N5O6/c1-24(26-10-3-2-4-11-26)35-29(39)28(38)27(12-5-6-16-34-30(40)36-17-19-43-20-18-36)37(31(41)42)23-32(13-8-14-32)21-25-9-7-15-33-22-25/h2-4,7,9-11,15,22,24,27H,5-6,8,12-14,16-21,23H2,1H3,(H,34,40)(H,35,39)(H,41,42)/t24-,27?/m1/s1. The Kier molecular flexibility index (Phi) is 11.5. The molecule has 1 aromatic carbocycles. The van der Waals surface area contributed by atoms with Gasteiger partial charge in [-0.3, -0.25) is 19.5 Å². The van der Waals surface area contributed by atoms with Crippen LogP contribution in [0.5, 0.6) is 0 Å². The topological polar surface area (TPSA) is 141 Å². The normalized spacial score (nSPS) is 17.2. The Morgan fingerprint density at radius 3 is 2.44 bits per heavy atom. The summed E-state index contributed by atoms with van der Waals surface area (Å²) >= 11 is 0. The number of aromatic nitrogens is 1. The van der Waals surface area contributed by atoms with Crippen molar-refractivity contribution in [1.82, 2.24) is 25.4 Å². The Bertz CT molecular complexity index is 1220. The second-order valence-corrected chi connectivity index (χ2v) is 11.6. The number of carbonyl (C=O) groups is 4. The summed E-state index contributed by atoms with van der Waals surface area (Å²) in [6.07, 6.45) is 6.73. The van der Waals surface area contributed by atoms with Gasteiger partial charge in [-0.1, -0.05) is 42.8 Å². The van der Waals surface area contributed by atoms with E-state index in [0.29, 0.717) is 52.1 Å². The molecule has 0 radical (unpaired) electrons. The number of morpholine rings is 1. The smallest absolute Gasteiger partial charge is 0.407 e. The van der Waals surface area contributed by atoms with Crippen molar-refractivity contribution < 1.29 is 29.0 Å². The molecule has 2 aromatic rings. The van der Waals surface area contributed by atoms with E-state index >= 15 is 0 Å². The maximum atomic E-state index is 13.7. The summed E-state index contributed by atoms with van der Waals surface area (Å²) in [5.74, 6) is -1.57. The number of rotatable bonds is 14. The van der Waals surface area contributed by atoms with E-state index in [1.54, 1.807) is 24.2 Å². The minimum atomic E-state index is -1.22. The van der Waals surface area contributed by atoms with Crippen molar-refractivity contribution in [2.45, 2.75) is 64.0 Å². The molecule has 1 saturated heterocycles. The molecule has 2 fully saturated rings. The van der Waals surface area contributed by atoms with Gasteiger partial charge in [-0.25, -0.2) is 9.59 Å². The van der Waals surface area contributed by atoms with Crippen molar-refractivity contribution in [3.8, 4) is 0 Å². The van der Waals surface area contributed by atoms with Crippen molar-refractivity contribution in [1.29, 1.82) is 0 Å². The molecule has 2 aliphatic rings. The molecule has 1 aromatic heterocycles. The summed E-state index contributed by atoms with van der Waals surface area (Å²) < 4.78 is 5.29. The molecule has 232 valence electrons. The van der Waals surface area contributed by atoms with Crippen molar-refractivity contribution >= 4 is 23.8 Å². The van der Waals surface area contributed by atoms with Gasteiger partial charge in [0.15, 0.2) is 0 Å². The fraction of sp³-hybridized carbons (Fsp3) is 0.531. The van der Waals surface area contributed by atoms with Crippen LogP contribution in [0.4, 0.5) is 9.59 Å². The number of ketones is 1. The van der Waals surface area contributed by atoms with Gasteiger partial charge in [-0.15, -0.1) is 0 Å². The number of nitrogens with one attached hydrogen (secondary N) is 2. The monoisotopic (exact) mass is 593 g/mol. The number of hydrogen-bond acceptors (Lipinski definition) is 6. The van der Waals surface area contributed by atoms with E-state index in [9.17, 15) is 24.3 Å². The summed E-state index contributed by atoms with van der Waals surface area (Å²) in [7, 11) is 0. The lowest BCUT2D eigenvalue weighted by Gasteiger charge is -2.46. The maximum absolute atomic E-state index is 13.7. The largest absolute Gasteiger partial charge is 0.465 e. The number of pyridine rings is 1. The minimum absolute atomic E-state index is 0.156. The molecule has 11 nitrogen and oxygen atoms in total. The summed E-state index contributed by atoms with van der Waals surface area (Å²) in [5.41, 5.74) is 1.54. The summed E-state index contributed by atoms with van der Waals surface area (Å²) in [4.78, 5) is 59.1. The van der Waals surface area contributed by atoms with Crippen LogP contribution in [0.1, 0.15) is 62.6 Å². The van der Waals surface area contributed by atoms with Crippen LogP contribution in [0.15, 0.2) is 54.9 Å². The number of carboxylic acid groups (broad SMARTS) is 1. The number of urea groups is 1. The molecule has 2 atom stereocenters. The van der Waals surface area contributed by atoms with Crippen LogP contribution in [0.25, 0.3) is 0 Å². The van der Waals surface area contributed by atoms with E-state index in [2.05, 4.69) is 15.6 Å². The van der Waals surface area contributed by atoms with Crippen LogP contribution in [0.3, 0.4) is 0 Å². The lowest BCUT2D eigenvalue weighted by atomic mass is 9.65. The lowest BCUT2D eigenvalue weighted by Crippen LogP contribution is -2.55. The molecule has 1 saturated carbocycles. The summed E-state index contributed by atoms with van der Waals surface area (Å²) in [5, 5.41) is 16.0. The van der Waals surface area contributed by atoms with E-state index in [0.717, 1.165) is 30.4 Å². The highest BCUT2D eigenvalue weighted by molar-refractivity contribution is 6.38. The first kappa shape index (κ1) is 31.9. The first-order valence-corrected chi connectivity index (χ1v) is 15.2. The molecular weight excluding hydrogens is 550 g/mol. The van der Waals surface area contributed by atoms with Gasteiger partial charge >= 0.3 is 12.1 Å². The van der Waals surface area contributed by atoms with Gasteiger partial charge in [0.2, 0.25) is 5.78 Å². The molecule has 1 aliphatic carbocycles. The molecule has 4 amide bonds. The Hall–Kier alpha value is -3.99. The first-order valence-electron chi connectivity index (χ1n) is 15.2. The SMILES string of the molecule is C[C@@H](NC(=O)C(=O)C(CCCCNC(=O)N1CCOCC1)N(CC1(Cc2cccnc2)CCC1)C(=O)O)c1ccccc1. The van der Waals surface area contributed by atoms with Gasteiger partial charge in [-0.05, 0) is 68.1 Å². The molecule has 3 N–H and O–H groups in total. The Balaban J connectivity index is 1.44. The lowest BCUT2D eigenvalue weighted by molar-refractivity contribution is -0.141. The maximum Gasteiger partial charge on any atom is 0.407 e. The molecule has 43 heavy (non-hydrogen) atoms. The van der Waals surface area contributed by atoms with E-state index in [1.807, 2.05) is 42.5 Å². The molecule has 2 heterocycles. The highest BCUT2D eigenvalue weighted by Gasteiger charge is 2.43.